The van der Waals surface area contributed by atoms with Gasteiger partial charge in [-0.25, -0.2) is 4.68 Å². The summed E-state index contributed by atoms with van der Waals surface area (Å²) >= 11 is 6.16. The Bertz CT molecular complexity index is 771. The number of anilines is 2. The van der Waals surface area contributed by atoms with Crippen molar-refractivity contribution < 1.29 is 9.59 Å². The van der Waals surface area contributed by atoms with Gasteiger partial charge in [-0.2, -0.15) is 5.10 Å². The van der Waals surface area contributed by atoms with Crippen LogP contribution >= 0.6 is 11.6 Å². The number of aromatic nitrogens is 2. The number of hydrogen-bond acceptors (Lipinski definition) is 3. The minimum absolute atomic E-state index is 0.0967. The molecule has 2 heterocycles. The second-order valence-electron chi connectivity index (χ2n) is 6.10. The lowest BCUT2D eigenvalue weighted by Gasteiger charge is -2.18. The van der Waals surface area contributed by atoms with Crippen LogP contribution in [0.25, 0.3) is 0 Å². The number of halogens is 1. The minimum atomic E-state index is -0.413. The third kappa shape index (κ3) is 3.14. The maximum absolute atomic E-state index is 12.5. The molecule has 1 atom stereocenters. The van der Waals surface area contributed by atoms with E-state index in [1.165, 1.54) is 0 Å². The number of hydrogen-bond donors (Lipinski definition) is 1. The number of carbonyl (C=O) groups excluding carboxylic acids is 2. The average Bonchev–Trinajstić information content (AvgIpc) is 3.14. The fraction of sp³-hybridized carbons (Fsp3) is 0.353. The summed E-state index contributed by atoms with van der Waals surface area (Å²) in [7, 11) is 0. The number of rotatable bonds is 4. The molecular formula is C17H19ClN4O2. The maximum Gasteiger partial charge on any atom is 0.230 e. The Morgan fingerprint density at radius 2 is 2.08 bits per heavy atom. The largest absolute Gasteiger partial charge is 0.311 e. The fourth-order valence-corrected chi connectivity index (χ4v) is 3.08. The predicted molar refractivity (Wildman–Crippen MR) is 93.2 cm³/mol. The first-order valence-electron chi connectivity index (χ1n) is 7.86. The van der Waals surface area contributed by atoms with Gasteiger partial charge in [0.1, 0.15) is 5.82 Å². The fourth-order valence-electron chi connectivity index (χ4n) is 2.84. The molecule has 1 aliphatic rings. The van der Waals surface area contributed by atoms with Crippen LogP contribution in [0.5, 0.6) is 0 Å². The molecule has 1 aliphatic heterocycles. The molecule has 1 aromatic heterocycles. The summed E-state index contributed by atoms with van der Waals surface area (Å²) in [6, 6.07) is 9.04. The van der Waals surface area contributed by atoms with Crippen molar-refractivity contribution in [1.29, 1.82) is 0 Å². The van der Waals surface area contributed by atoms with Crippen LogP contribution in [0, 0.1) is 5.92 Å². The van der Waals surface area contributed by atoms with Gasteiger partial charge >= 0.3 is 0 Å². The van der Waals surface area contributed by atoms with E-state index in [-0.39, 0.29) is 24.3 Å². The molecule has 0 saturated carbocycles. The van der Waals surface area contributed by atoms with Crippen LogP contribution in [0.3, 0.4) is 0 Å². The van der Waals surface area contributed by atoms with Gasteiger partial charge in [0.25, 0.3) is 0 Å². The highest BCUT2D eigenvalue weighted by Crippen LogP contribution is 2.31. The smallest absolute Gasteiger partial charge is 0.230 e. The van der Waals surface area contributed by atoms with Gasteiger partial charge in [0.15, 0.2) is 0 Å². The second kappa shape index (κ2) is 6.65. The molecule has 126 valence electrons. The molecule has 7 heteroatoms. The highest BCUT2D eigenvalue weighted by atomic mass is 35.5. The number of amides is 2. The van der Waals surface area contributed by atoms with Crippen molar-refractivity contribution in [3.63, 3.8) is 0 Å². The molecule has 1 saturated heterocycles. The van der Waals surface area contributed by atoms with E-state index in [9.17, 15) is 9.59 Å². The van der Waals surface area contributed by atoms with E-state index in [0.717, 1.165) is 0 Å². The van der Waals surface area contributed by atoms with Gasteiger partial charge in [-0.15, -0.1) is 0 Å². The molecule has 1 N–H and O–H groups in total. The summed E-state index contributed by atoms with van der Waals surface area (Å²) in [5, 5.41) is 7.57. The normalized spacial score (nSPS) is 17.6. The Kier molecular flexibility index (Phi) is 4.57. The van der Waals surface area contributed by atoms with Crippen LogP contribution in [-0.2, 0) is 9.59 Å². The molecule has 24 heavy (non-hydrogen) atoms. The molecule has 2 amide bonds. The van der Waals surface area contributed by atoms with Crippen LogP contribution in [0.15, 0.2) is 36.5 Å². The van der Waals surface area contributed by atoms with Crippen molar-refractivity contribution >= 4 is 34.9 Å². The minimum Gasteiger partial charge on any atom is -0.311 e. The van der Waals surface area contributed by atoms with Gasteiger partial charge in [0.05, 0.1) is 22.8 Å². The third-order valence-corrected chi connectivity index (χ3v) is 4.37. The van der Waals surface area contributed by atoms with Gasteiger partial charge in [-0.05, 0) is 26.0 Å². The predicted octanol–water partition coefficient (Wildman–Crippen LogP) is 3.11. The first-order chi connectivity index (χ1) is 11.5. The van der Waals surface area contributed by atoms with Crippen LogP contribution in [0.1, 0.15) is 26.3 Å². The summed E-state index contributed by atoms with van der Waals surface area (Å²) in [5.74, 6) is -0.0520. The lowest BCUT2D eigenvalue weighted by molar-refractivity contribution is -0.122. The van der Waals surface area contributed by atoms with E-state index >= 15 is 0 Å². The van der Waals surface area contributed by atoms with Gasteiger partial charge in [0, 0.05) is 25.1 Å². The zero-order valence-electron chi connectivity index (χ0n) is 13.6. The van der Waals surface area contributed by atoms with Crippen molar-refractivity contribution in [2.24, 2.45) is 5.92 Å². The summed E-state index contributed by atoms with van der Waals surface area (Å²) < 4.78 is 1.74. The Hall–Kier alpha value is -2.34. The summed E-state index contributed by atoms with van der Waals surface area (Å²) in [6.07, 6.45) is 1.82. The highest BCUT2D eigenvalue weighted by Gasteiger charge is 2.36. The Morgan fingerprint density at radius 1 is 1.33 bits per heavy atom. The Morgan fingerprint density at radius 3 is 2.79 bits per heavy atom. The molecule has 0 bridgehead atoms. The van der Waals surface area contributed by atoms with E-state index in [1.807, 2.05) is 26.0 Å². The summed E-state index contributed by atoms with van der Waals surface area (Å²) in [6.45, 7) is 4.30. The van der Waals surface area contributed by atoms with Crippen molar-refractivity contribution in [3.8, 4) is 0 Å². The van der Waals surface area contributed by atoms with Crippen molar-refractivity contribution in [3.05, 3.63) is 41.6 Å². The third-order valence-electron chi connectivity index (χ3n) is 4.05. The molecule has 6 nitrogen and oxygen atoms in total. The monoisotopic (exact) mass is 346 g/mol. The van der Waals surface area contributed by atoms with Gasteiger partial charge in [0.2, 0.25) is 11.8 Å². The maximum atomic E-state index is 12.5. The number of nitrogens with one attached hydrogen (secondary N) is 1. The molecule has 1 fully saturated rings. The van der Waals surface area contributed by atoms with Gasteiger partial charge in [-0.3, -0.25) is 9.59 Å². The standard InChI is InChI=1S/C17H19ClN4O2/c1-11(2)22-15(7-8-19-22)20-17(24)12-9-16(23)21(10-12)14-6-4-3-5-13(14)18/h3-8,11-12H,9-10H2,1-2H3,(H,20,24). The molecule has 1 aromatic carbocycles. The van der Waals surface area contributed by atoms with Crippen molar-refractivity contribution in [2.45, 2.75) is 26.3 Å². The van der Waals surface area contributed by atoms with E-state index < -0.39 is 5.92 Å². The molecule has 0 spiro atoms. The van der Waals surface area contributed by atoms with Crippen molar-refractivity contribution in [2.75, 3.05) is 16.8 Å². The van der Waals surface area contributed by atoms with Gasteiger partial charge in [-0.1, -0.05) is 23.7 Å². The quantitative estimate of drug-likeness (QED) is 0.924. The Labute approximate surface area is 145 Å². The first-order valence-corrected chi connectivity index (χ1v) is 8.24. The molecule has 2 aromatic rings. The topological polar surface area (TPSA) is 67.2 Å². The number of para-hydroxylation sites is 1. The van der Waals surface area contributed by atoms with Crippen LogP contribution in [0.2, 0.25) is 5.02 Å². The molecular weight excluding hydrogens is 328 g/mol. The zero-order chi connectivity index (χ0) is 17.3. The summed E-state index contributed by atoms with van der Waals surface area (Å²) in [5.41, 5.74) is 0.645. The molecule has 3 rings (SSSR count). The second-order valence-corrected chi connectivity index (χ2v) is 6.51. The number of nitrogens with zero attached hydrogens (tertiary/aromatic N) is 3. The molecule has 1 unspecified atom stereocenters. The van der Waals surface area contributed by atoms with Crippen molar-refractivity contribution in [1.82, 2.24) is 9.78 Å². The molecule has 0 aliphatic carbocycles. The summed E-state index contributed by atoms with van der Waals surface area (Å²) in [4.78, 5) is 26.4. The van der Waals surface area contributed by atoms with Crippen LogP contribution < -0.4 is 10.2 Å². The van der Waals surface area contributed by atoms with E-state index in [2.05, 4.69) is 10.4 Å². The van der Waals surface area contributed by atoms with Crippen LogP contribution in [0.4, 0.5) is 11.5 Å². The van der Waals surface area contributed by atoms with Gasteiger partial charge < -0.3 is 10.2 Å². The SMILES string of the molecule is CC(C)n1nccc1NC(=O)C1CC(=O)N(c2ccccc2Cl)C1. The zero-order valence-corrected chi connectivity index (χ0v) is 14.3. The first kappa shape index (κ1) is 16.5. The van der Waals surface area contributed by atoms with E-state index in [0.29, 0.717) is 23.1 Å². The average molecular weight is 347 g/mol. The highest BCUT2D eigenvalue weighted by molar-refractivity contribution is 6.33. The van der Waals surface area contributed by atoms with Crippen LogP contribution in [-0.4, -0.2) is 28.1 Å². The number of benzene rings is 1. The van der Waals surface area contributed by atoms with E-state index in [4.69, 9.17) is 11.6 Å². The number of carbonyl (C=O) groups is 2. The Balaban J connectivity index is 1.73. The lowest BCUT2D eigenvalue weighted by Crippen LogP contribution is -2.29. The molecule has 0 radical (unpaired) electrons. The van der Waals surface area contributed by atoms with E-state index in [1.54, 1.807) is 34.0 Å². The lowest BCUT2D eigenvalue weighted by atomic mass is 10.1.